The van der Waals surface area contributed by atoms with Gasteiger partial charge in [0.15, 0.2) is 5.11 Å². The molecule has 4 nitrogen and oxygen atoms in total. The van der Waals surface area contributed by atoms with E-state index in [0.717, 1.165) is 43.3 Å². The van der Waals surface area contributed by atoms with Gasteiger partial charge in [0.25, 0.3) is 0 Å². The van der Waals surface area contributed by atoms with Crippen molar-refractivity contribution in [2.75, 3.05) is 26.3 Å². The number of nitrogens with one attached hydrogen (secondary N) is 2. The maximum Gasteiger partial charge on any atom is 0.181 e. The average molecular weight is 255 g/mol. The van der Waals surface area contributed by atoms with Gasteiger partial charge in [-0.3, -0.25) is 5.43 Å². The van der Waals surface area contributed by atoms with E-state index in [-0.39, 0.29) is 0 Å². The Labute approximate surface area is 108 Å². The highest BCUT2D eigenvalue weighted by atomic mass is 32.1. The number of hydrazine groups is 1. The van der Waals surface area contributed by atoms with Gasteiger partial charge in [0.05, 0.1) is 13.2 Å². The van der Waals surface area contributed by atoms with E-state index in [9.17, 15) is 0 Å². The Hall–Kier alpha value is -0.390. The molecule has 2 aliphatic carbocycles. The Morgan fingerprint density at radius 3 is 2.65 bits per heavy atom. The van der Waals surface area contributed by atoms with Gasteiger partial charge in [0.1, 0.15) is 0 Å². The molecule has 1 heterocycles. The van der Waals surface area contributed by atoms with E-state index in [0.29, 0.717) is 6.04 Å². The third kappa shape index (κ3) is 2.72. The Morgan fingerprint density at radius 1 is 1.18 bits per heavy atom. The lowest BCUT2D eigenvalue weighted by Crippen LogP contribution is -2.54. The summed E-state index contributed by atoms with van der Waals surface area (Å²) >= 11 is 5.38. The molecule has 17 heavy (non-hydrogen) atoms. The molecule has 0 unspecified atom stereocenters. The molecular weight excluding hydrogens is 234 g/mol. The normalized spacial score (nSPS) is 37.1. The summed E-state index contributed by atoms with van der Waals surface area (Å²) in [7, 11) is 0. The van der Waals surface area contributed by atoms with Crippen LogP contribution in [0.3, 0.4) is 0 Å². The summed E-state index contributed by atoms with van der Waals surface area (Å²) in [4.78, 5) is 0. The van der Waals surface area contributed by atoms with Crippen LogP contribution in [0.2, 0.25) is 0 Å². The minimum Gasteiger partial charge on any atom is -0.379 e. The molecule has 0 aromatic carbocycles. The van der Waals surface area contributed by atoms with Crippen LogP contribution in [0.1, 0.15) is 25.7 Å². The zero-order valence-electron chi connectivity index (χ0n) is 10.2. The van der Waals surface area contributed by atoms with E-state index in [1.807, 2.05) is 0 Å². The van der Waals surface area contributed by atoms with Crippen molar-refractivity contribution in [3.63, 3.8) is 0 Å². The van der Waals surface area contributed by atoms with Gasteiger partial charge >= 0.3 is 0 Å². The first-order valence-electron chi connectivity index (χ1n) is 6.71. The molecule has 0 spiro atoms. The van der Waals surface area contributed by atoms with Gasteiger partial charge in [0, 0.05) is 19.1 Å². The number of fused-ring (bicyclic) bond motifs is 2. The third-order valence-electron chi connectivity index (χ3n) is 4.33. The summed E-state index contributed by atoms with van der Waals surface area (Å²) in [6, 6.07) is 0.620. The summed E-state index contributed by atoms with van der Waals surface area (Å²) in [6.07, 6.45) is 5.56. The van der Waals surface area contributed by atoms with Crippen LogP contribution in [0.4, 0.5) is 0 Å². The van der Waals surface area contributed by atoms with Gasteiger partial charge in [-0.1, -0.05) is 6.42 Å². The van der Waals surface area contributed by atoms with Gasteiger partial charge < -0.3 is 10.1 Å². The summed E-state index contributed by atoms with van der Waals surface area (Å²) in [6.45, 7) is 3.42. The number of nitrogens with zero attached hydrogens (tertiary/aromatic N) is 1. The fourth-order valence-corrected chi connectivity index (χ4v) is 3.72. The standard InChI is InChI=1S/C12H21N3OS/c17-12(14-15-3-5-16-6-4-15)13-11-8-9-1-2-10(11)7-9/h9-11H,1-8H2,(H2,13,14,17)/t9-,10+,11+/m1/s1. The highest BCUT2D eigenvalue weighted by molar-refractivity contribution is 7.80. The molecule has 0 aromatic heterocycles. The Bertz CT molecular complexity index is 293. The maximum absolute atomic E-state index is 5.38. The molecule has 0 amide bonds. The lowest BCUT2D eigenvalue weighted by atomic mass is 9.96. The fourth-order valence-electron chi connectivity index (χ4n) is 3.44. The molecule has 2 N–H and O–H groups in total. The van der Waals surface area contributed by atoms with Crippen molar-refractivity contribution in [3.05, 3.63) is 0 Å². The largest absolute Gasteiger partial charge is 0.379 e. The Balaban J connectivity index is 1.44. The van der Waals surface area contributed by atoms with E-state index >= 15 is 0 Å². The Morgan fingerprint density at radius 2 is 2.00 bits per heavy atom. The molecule has 2 saturated carbocycles. The van der Waals surface area contributed by atoms with E-state index in [1.165, 1.54) is 25.7 Å². The molecule has 1 aliphatic heterocycles. The summed E-state index contributed by atoms with van der Waals surface area (Å²) < 4.78 is 5.31. The first-order chi connectivity index (χ1) is 8.31. The molecule has 3 fully saturated rings. The monoisotopic (exact) mass is 255 g/mol. The number of hydrogen-bond acceptors (Lipinski definition) is 3. The van der Waals surface area contributed by atoms with Gasteiger partial charge in [0.2, 0.25) is 0 Å². The summed E-state index contributed by atoms with van der Waals surface area (Å²) in [5.74, 6) is 1.83. The van der Waals surface area contributed by atoms with Crippen molar-refractivity contribution in [2.24, 2.45) is 11.8 Å². The molecule has 3 atom stereocenters. The molecular formula is C12H21N3OS. The van der Waals surface area contributed by atoms with Gasteiger partial charge in [-0.2, -0.15) is 0 Å². The minimum absolute atomic E-state index is 0.620. The SMILES string of the molecule is S=C(N[C@H]1C[C@@H]2CC[C@H]1C2)NN1CCOCC1. The predicted molar refractivity (Wildman–Crippen MR) is 70.5 cm³/mol. The van der Waals surface area contributed by atoms with Crippen LogP contribution in [0.5, 0.6) is 0 Å². The lowest BCUT2D eigenvalue weighted by molar-refractivity contribution is 0.0245. The van der Waals surface area contributed by atoms with E-state index in [2.05, 4.69) is 15.8 Å². The first-order valence-corrected chi connectivity index (χ1v) is 7.12. The number of ether oxygens (including phenoxy) is 1. The van der Waals surface area contributed by atoms with Crippen LogP contribution in [0.25, 0.3) is 0 Å². The molecule has 5 heteroatoms. The molecule has 2 bridgehead atoms. The molecule has 0 radical (unpaired) electrons. The summed E-state index contributed by atoms with van der Waals surface area (Å²) in [5.41, 5.74) is 3.28. The van der Waals surface area contributed by atoms with Crippen molar-refractivity contribution < 1.29 is 4.74 Å². The van der Waals surface area contributed by atoms with Crippen LogP contribution in [0, 0.1) is 11.8 Å². The van der Waals surface area contributed by atoms with Crippen LogP contribution in [-0.2, 0) is 4.74 Å². The van der Waals surface area contributed by atoms with Crippen molar-refractivity contribution >= 4 is 17.3 Å². The van der Waals surface area contributed by atoms with Crippen molar-refractivity contribution in [1.29, 1.82) is 0 Å². The van der Waals surface area contributed by atoms with Gasteiger partial charge in [-0.05, 0) is 43.3 Å². The highest BCUT2D eigenvalue weighted by Crippen LogP contribution is 2.44. The number of morpholine rings is 1. The van der Waals surface area contributed by atoms with Gasteiger partial charge in [-0.25, -0.2) is 5.01 Å². The second-order valence-electron chi connectivity index (χ2n) is 5.47. The third-order valence-corrected chi connectivity index (χ3v) is 4.53. The summed E-state index contributed by atoms with van der Waals surface area (Å²) in [5, 5.41) is 6.44. The maximum atomic E-state index is 5.38. The molecule has 0 aromatic rings. The van der Waals surface area contributed by atoms with E-state index in [1.54, 1.807) is 0 Å². The lowest BCUT2D eigenvalue weighted by Gasteiger charge is -2.30. The second kappa shape index (κ2) is 5.08. The molecule has 3 aliphatic rings. The van der Waals surface area contributed by atoms with Crippen LogP contribution in [-0.4, -0.2) is 42.5 Å². The number of hydrogen-bond donors (Lipinski definition) is 2. The first kappa shape index (κ1) is 11.7. The van der Waals surface area contributed by atoms with Crippen molar-refractivity contribution in [2.45, 2.75) is 31.7 Å². The average Bonchev–Trinajstić information content (AvgIpc) is 2.92. The highest BCUT2D eigenvalue weighted by Gasteiger charge is 2.39. The smallest absolute Gasteiger partial charge is 0.181 e. The predicted octanol–water partition coefficient (Wildman–Crippen LogP) is 0.886. The molecule has 1 saturated heterocycles. The van der Waals surface area contributed by atoms with E-state index < -0.39 is 0 Å². The number of thiocarbonyl (C=S) groups is 1. The molecule has 3 rings (SSSR count). The van der Waals surface area contributed by atoms with Crippen LogP contribution in [0.15, 0.2) is 0 Å². The topological polar surface area (TPSA) is 36.5 Å². The van der Waals surface area contributed by atoms with Crippen molar-refractivity contribution in [3.8, 4) is 0 Å². The van der Waals surface area contributed by atoms with Crippen molar-refractivity contribution in [1.82, 2.24) is 15.8 Å². The number of rotatable bonds is 2. The fraction of sp³-hybridized carbons (Fsp3) is 0.917. The van der Waals surface area contributed by atoms with Gasteiger partial charge in [-0.15, -0.1) is 0 Å². The zero-order valence-corrected chi connectivity index (χ0v) is 11.0. The van der Waals surface area contributed by atoms with E-state index in [4.69, 9.17) is 17.0 Å². The zero-order chi connectivity index (χ0) is 11.7. The quantitative estimate of drug-likeness (QED) is 0.717. The van der Waals surface area contributed by atoms with Crippen LogP contribution >= 0.6 is 12.2 Å². The second-order valence-corrected chi connectivity index (χ2v) is 5.87. The van der Waals surface area contributed by atoms with Crippen LogP contribution < -0.4 is 10.7 Å². The Kier molecular flexibility index (Phi) is 3.49. The minimum atomic E-state index is 0.620. The molecule has 96 valence electrons.